The molecule has 0 amide bonds. The summed E-state index contributed by atoms with van der Waals surface area (Å²) in [5.41, 5.74) is 4.61. The van der Waals surface area contributed by atoms with Gasteiger partial charge < -0.3 is 4.74 Å². The van der Waals surface area contributed by atoms with Gasteiger partial charge >= 0.3 is 0 Å². The van der Waals surface area contributed by atoms with Crippen LogP contribution in [-0.2, 0) is 6.61 Å². The lowest BCUT2D eigenvalue weighted by molar-refractivity contribution is 0.306. The molecule has 2 aromatic carbocycles. The van der Waals surface area contributed by atoms with Gasteiger partial charge in [0, 0.05) is 47.0 Å². The van der Waals surface area contributed by atoms with Gasteiger partial charge in [-0.3, -0.25) is 9.97 Å². The minimum absolute atomic E-state index is 0.485. The first-order chi connectivity index (χ1) is 14.8. The second kappa shape index (κ2) is 9.73. The molecule has 0 fully saturated rings. The molecule has 0 saturated heterocycles. The third kappa shape index (κ3) is 5.58. The van der Waals surface area contributed by atoms with Crippen LogP contribution < -0.4 is 4.74 Å². The van der Waals surface area contributed by atoms with Gasteiger partial charge in [0.05, 0.1) is 0 Å². The van der Waals surface area contributed by atoms with Crippen LogP contribution >= 0.6 is 0 Å². The van der Waals surface area contributed by atoms with Crippen molar-refractivity contribution in [3.8, 4) is 29.4 Å². The van der Waals surface area contributed by atoms with E-state index in [4.69, 9.17) is 4.74 Å². The zero-order valence-electron chi connectivity index (χ0n) is 16.2. The van der Waals surface area contributed by atoms with E-state index in [1.165, 1.54) is 0 Å². The maximum atomic E-state index is 6.02. The Bertz CT molecular complexity index is 1150. The summed E-state index contributed by atoms with van der Waals surface area (Å²) < 4.78 is 6.02. The topological polar surface area (TPSA) is 35.0 Å². The summed E-state index contributed by atoms with van der Waals surface area (Å²) in [7, 11) is 0. The SMILES string of the molecule is C(#Cc1cc(C#Cc2ccncc2)cc(OCc2ccccc2)c1)c1ccncc1. The van der Waals surface area contributed by atoms with Gasteiger partial charge in [-0.1, -0.05) is 54.0 Å². The highest BCUT2D eigenvalue weighted by Gasteiger charge is 2.01. The predicted molar refractivity (Wildman–Crippen MR) is 118 cm³/mol. The Kier molecular flexibility index (Phi) is 6.16. The molecule has 3 nitrogen and oxygen atoms in total. The quantitative estimate of drug-likeness (QED) is 0.472. The molecule has 0 N–H and O–H groups in total. The van der Waals surface area contributed by atoms with Crippen molar-refractivity contribution in [3.63, 3.8) is 0 Å². The molecule has 2 aromatic heterocycles. The maximum absolute atomic E-state index is 6.02. The molecule has 0 aliphatic carbocycles. The zero-order valence-corrected chi connectivity index (χ0v) is 16.2. The van der Waals surface area contributed by atoms with Gasteiger partial charge in [0.1, 0.15) is 12.4 Å². The highest BCUT2D eigenvalue weighted by atomic mass is 16.5. The maximum Gasteiger partial charge on any atom is 0.122 e. The normalized spacial score (nSPS) is 9.60. The molecule has 30 heavy (non-hydrogen) atoms. The van der Waals surface area contributed by atoms with Crippen molar-refractivity contribution in [3.05, 3.63) is 125 Å². The summed E-state index contributed by atoms with van der Waals surface area (Å²) in [6, 6.07) is 23.4. The van der Waals surface area contributed by atoms with Crippen molar-refractivity contribution in [2.75, 3.05) is 0 Å². The molecule has 0 bridgehead atoms. The summed E-state index contributed by atoms with van der Waals surface area (Å²) in [5.74, 6) is 13.5. The van der Waals surface area contributed by atoms with Crippen molar-refractivity contribution >= 4 is 0 Å². The van der Waals surface area contributed by atoms with Gasteiger partial charge in [-0.15, -0.1) is 0 Å². The van der Waals surface area contributed by atoms with Crippen LogP contribution in [0.25, 0.3) is 0 Å². The fourth-order valence-electron chi connectivity index (χ4n) is 2.73. The smallest absolute Gasteiger partial charge is 0.122 e. The van der Waals surface area contributed by atoms with Crippen LogP contribution in [0.3, 0.4) is 0 Å². The molecule has 4 aromatic rings. The average Bonchev–Trinajstić information content (AvgIpc) is 2.82. The van der Waals surface area contributed by atoms with Crippen molar-refractivity contribution in [1.82, 2.24) is 9.97 Å². The lowest BCUT2D eigenvalue weighted by Gasteiger charge is -2.07. The average molecular weight is 386 g/mol. The standard InChI is InChI=1S/C27H18N2O/c1-2-4-24(5-3-1)21-30-27-19-25(8-6-22-10-14-28-15-11-22)18-26(20-27)9-7-23-12-16-29-17-13-23/h1-5,10-20H,21H2. The van der Waals surface area contributed by atoms with Crippen LogP contribution in [0.15, 0.2) is 97.6 Å². The lowest BCUT2D eigenvalue weighted by Crippen LogP contribution is -1.96. The molecule has 2 heterocycles. The van der Waals surface area contributed by atoms with Crippen LogP contribution in [0, 0.1) is 23.7 Å². The van der Waals surface area contributed by atoms with E-state index in [1.54, 1.807) is 24.8 Å². The molecule has 4 rings (SSSR count). The molecule has 0 unspecified atom stereocenters. The number of hydrogen-bond acceptors (Lipinski definition) is 3. The number of ether oxygens (including phenoxy) is 1. The number of benzene rings is 2. The van der Waals surface area contributed by atoms with Crippen LogP contribution in [0.4, 0.5) is 0 Å². The van der Waals surface area contributed by atoms with Crippen LogP contribution in [0.5, 0.6) is 5.75 Å². The number of hydrogen-bond donors (Lipinski definition) is 0. The fourth-order valence-corrected chi connectivity index (χ4v) is 2.73. The summed E-state index contributed by atoms with van der Waals surface area (Å²) in [6.07, 6.45) is 6.92. The number of rotatable bonds is 3. The highest BCUT2D eigenvalue weighted by molar-refractivity contribution is 5.52. The van der Waals surface area contributed by atoms with Crippen molar-refractivity contribution in [1.29, 1.82) is 0 Å². The minimum atomic E-state index is 0.485. The van der Waals surface area contributed by atoms with E-state index in [-0.39, 0.29) is 0 Å². The Balaban J connectivity index is 1.63. The molecule has 0 radical (unpaired) electrons. The molecule has 142 valence electrons. The third-order valence-electron chi connectivity index (χ3n) is 4.22. The Hall–Kier alpha value is -4.34. The number of aromatic nitrogens is 2. The predicted octanol–water partition coefficient (Wildman–Crippen LogP) is 4.86. The summed E-state index contributed by atoms with van der Waals surface area (Å²) in [6.45, 7) is 0.485. The monoisotopic (exact) mass is 386 g/mol. The van der Waals surface area contributed by atoms with Crippen LogP contribution in [0.1, 0.15) is 27.8 Å². The zero-order chi connectivity index (χ0) is 20.4. The first-order valence-electron chi connectivity index (χ1n) is 9.51. The van der Waals surface area contributed by atoms with Gasteiger partial charge in [-0.25, -0.2) is 0 Å². The van der Waals surface area contributed by atoms with E-state index in [0.717, 1.165) is 33.6 Å². The van der Waals surface area contributed by atoms with Gasteiger partial charge in [-0.05, 0) is 48.0 Å². The Labute approximate surface area is 176 Å². The molecule has 0 saturated carbocycles. The molecular formula is C27H18N2O. The van der Waals surface area contributed by atoms with Gasteiger partial charge in [0.15, 0.2) is 0 Å². The second-order valence-corrected chi connectivity index (χ2v) is 6.49. The van der Waals surface area contributed by atoms with E-state index in [2.05, 4.69) is 33.6 Å². The molecule has 0 atom stereocenters. The van der Waals surface area contributed by atoms with E-state index in [9.17, 15) is 0 Å². The number of nitrogens with zero attached hydrogens (tertiary/aromatic N) is 2. The molecule has 0 spiro atoms. The lowest BCUT2D eigenvalue weighted by atomic mass is 10.1. The van der Waals surface area contributed by atoms with Gasteiger partial charge in [0.25, 0.3) is 0 Å². The van der Waals surface area contributed by atoms with E-state index in [1.807, 2.05) is 72.8 Å². The van der Waals surface area contributed by atoms with Crippen LogP contribution in [0.2, 0.25) is 0 Å². The van der Waals surface area contributed by atoms with E-state index < -0.39 is 0 Å². The molecular weight excluding hydrogens is 368 g/mol. The molecule has 0 aliphatic heterocycles. The largest absolute Gasteiger partial charge is 0.489 e. The number of pyridine rings is 2. The van der Waals surface area contributed by atoms with Crippen molar-refractivity contribution in [2.45, 2.75) is 6.61 Å². The van der Waals surface area contributed by atoms with Crippen LogP contribution in [-0.4, -0.2) is 9.97 Å². The van der Waals surface area contributed by atoms with Gasteiger partial charge in [0.2, 0.25) is 0 Å². The Morgan fingerprint density at radius 3 is 1.60 bits per heavy atom. The summed E-state index contributed by atoms with van der Waals surface area (Å²) in [4.78, 5) is 8.05. The van der Waals surface area contributed by atoms with Crippen molar-refractivity contribution < 1.29 is 4.74 Å². The second-order valence-electron chi connectivity index (χ2n) is 6.49. The van der Waals surface area contributed by atoms with E-state index >= 15 is 0 Å². The summed E-state index contributed by atoms with van der Waals surface area (Å²) >= 11 is 0. The third-order valence-corrected chi connectivity index (χ3v) is 4.22. The van der Waals surface area contributed by atoms with Gasteiger partial charge in [-0.2, -0.15) is 0 Å². The molecule has 3 heteroatoms. The highest BCUT2D eigenvalue weighted by Crippen LogP contribution is 2.18. The van der Waals surface area contributed by atoms with Crippen molar-refractivity contribution in [2.24, 2.45) is 0 Å². The summed E-state index contributed by atoms with van der Waals surface area (Å²) in [5, 5.41) is 0. The minimum Gasteiger partial charge on any atom is -0.489 e. The Morgan fingerprint density at radius 2 is 1.07 bits per heavy atom. The fraction of sp³-hybridized carbons (Fsp3) is 0.0370. The van der Waals surface area contributed by atoms with E-state index in [0.29, 0.717) is 6.61 Å². The first kappa shape index (κ1) is 19.0. The Morgan fingerprint density at radius 1 is 0.567 bits per heavy atom. The molecule has 0 aliphatic rings. The first-order valence-corrected chi connectivity index (χ1v) is 9.51.